The van der Waals surface area contributed by atoms with E-state index in [-0.39, 0.29) is 5.82 Å². The van der Waals surface area contributed by atoms with E-state index < -0.39 is 0 Å². The van der Waals surface area contributed by atoms with Crippen LogP contribution in [-0.4, -0.2) is 18.1 Å². The van der Waals surface area contributed by atoms with Crippen LogP contribution in [0.15, 0.2) is 16.6 Å². The predicted octanol–water partition coefficient (Wildman–Crippen LogP) is 4.45. The molecule has 0 unspecified atom stereocenters. The molecule has 0 bridgehead atoms. The SMILES string of the molecule is CCSCCCNc1cc(Br)c(F)cc1C. The topological polar surface area (TPSA) is 12.0 Å². The maximum atomic E-state index is 13.2. The Hall–Kier alpha value is -0.220. The molecule has 16 heavy (non-hydrogen) atoms. The Morgan fingerprint density at radius 3 is 2.88 bits per heavy atom. The monoisotopic (exact) mass is 305 g/mol. The summed E-state index contributed by atoms with van der Waals surface area (Å²) < 4.78 is 13.7. The molecule has 0 radical (unpaired) electrons. The maximum Gasteiger partial charge on any atom is 0.137 e. The van der Waals surface area contributed by atoms with E-state index in [1.165, 1.54) is 11.5 Å². The van der Waals surface area contributed by atoms with E-state index >= 15 is 0 Å². The van der Waals surface area contributed by atoms with Crippen molar-refractivity contribution >= 4 is 33.4 Å². The molecular formula is C12H17BrFNS. The first-order valence-electron chi connectivity index (χ1n) is 5.42. The first-order chi connectivity index (χ1) is 7.65. The molecule has 0 aliphatic heterocycles. The fourth-order valence-electron chi connectivity index (χ4n) is 1.38. The predicted molar refractivity (Wildman–Crippen MR) is 74.9 cm³/mol. The zero-order valence-electron chi connectivity index (χ0n) is 9.65. The van der Waals surface area contributed by atoms with E-state index in [0.717, 1.165) is 24.2 Å². The summed E-state index contributed by atoms with van der Waals surface area (Å²) in [4.78, 5) is 0. The van der Waals surface area contributed by atoms with Gasteiger partial charge in [0, 0.05) is 12.2 Å². The van der Waals surface area contributed by atoms with Crippen LogP contribution in [-0.2, 0) is 0 Å². The van der Waals surface area contributed by atoms with Crippen molar-refractivity contribution in [3.05, 3.63) is 28.0 Å². The molecule has 0 fully saturated rings. The first kappa shape index (κ1) is 13.8. The summed E-state index contributed by atoms with van der Waals surface area (Å²) in [7, 11) is 0. The number of anilines is 1. The van der Waals surface area contributed by atoms with Crippen LogP contribution in [0.5, 0.6) is 0 Å². The molecule has 1 N–H and O–H groups in total. The molecule has 0 aliphatic carbocycles. The molecule has 0 atom stereocenters. The van der Waals surface area contributed by atoms with Gasteiger partial charge in [-0.25, -0.2) is 4.39 Å². The number of rotatable bonds is 6. The normalized spacial score (nSPS) is 10.5. The van der Waals surface area contributed by atoms with Crippen molar-refractivity contribution in [1.82, 2.24) is 0 Å². The van der Waals surface area contributed by atoms with Crippen LogP contribution < -0.4 is 5.32 Å². The molecule has 1 rings (SSSR count). The second-order valence-electron chi connectivity index (χ2n) is 3.56. The van der Waals surface area contributed by atoms with E-state index in [1.54, 1.807) is 12.1 Å². The quantitative estimate of drug-likeness (QED) is 0.779. The summed E-state index contributed by atoms with van der Waals surface area (Å²) in [6.07, 6.45) is 1.13. The van der Waals surface area contributed by atoms with Crippen LogP contribution in [0.2, 0.25) is 0 Å². The molecule has 0 aromatic heterocycles. The highest BCUT2D eigenvalue weighted by Gasteiger charge is 2.04. The lowest BCUT2D eigenvalue weighted by Crippen LogP contribution is -2.04. The minimum absolute atomic E-state index is 0.204. The van der Waals surface area contributed by atoms with Crippen LogP contribution >= 0.6 is 27.7 Å². The molecule has 1 aromatic carbocycles. The van der Waals surface area contributed by atoms with E-state index in [4.69, 9.17) is 0 Å². The van der Waals surface area contributed by atoms with Crippen molar-refractivity contribution < 1.29 is 4.39 Å². The minimum atomic E-state index is -0.204. The zero-order chi connectivity index (χ0) is 12.0. The van der Waals surface area contributed by atoms with Gasteiger partial charge in [-0.15, -0.1) is 0 Å². The summed E-state index contributed by atoms with van der Waals surface area (Å²) in [5, 5.41) is 3.33. The molecule has 0 aliphatic rings. The largest absolute Gasteiger partial charge is 0.385 e. The minimum Gasteiger partial charge on any atom is -0.385 e. The van der Waals surface area contributed by atoms with E-state index in [9.17, 15) is 4.39 Å². The third kappa shape index (κ3) is 4.34. The van der Waals surface area contributed by atoms with Crippen LogP contribution in [0.3, 0.4) is 0 Å². The van der Waals surface area contributed by atoms with Gasteiger partial charge < -0.3 is 5.32 Å². The Bertz CT molecular complexity index is 344. The average Bonchev–Trinajstić information content (AvgIpc) is 2.25. The Morgan fingerprint density at radius 1 is 1.44 bits per heavy atom. The first-order valence-corrected chi connectivity index (χ1v) is 7.37. The van der Waals surface area contributed by atoms with Crippen molar-refractivity contribution in [2.24, 2.45) is 0 Å². The summed E-state index contributed by atoms with van der Waals surface area (Å²) in [5.41, 5.74) is 1.96. The molecule has 0 spiro atoms. The van der Waals surface area contributed by atoms with E-state index in [2.05, 4.69) is 28.2 Å². The summed E-state index contributed by atoms with van der Waals surface area (Å²) in [5.74, 6) is 2.14. The van der Waals surface area contributed by atoms with Crippen molar-refractivity contribution in [3.8, 4) is 0 Å². The molecular weight excluding hydrogens is 289 g/mol. The molecule has 1 nitrogen and oxygen atoms in total. The lowest BCUT2D eigenvalue weighted by molar-refractivity contribution is 0.620. The van der Waals surface area contributed by atoms with Crippen molar-refractivity contribution in [3.63, 3.8) is 0 Å². The molecule has 4 heteroatoms. The number of halogens is 2. The number of thioether (sulfide) groups is 1. The number of benzene rings is 1. The van der Waals surface area contributed by atoms with Crippen molar-refractivity contribution in [2.75, 3.05) is 23.4 Å². The molecule has 0 saturated carbocycles. The fraction of sp³-hybridized carbons (Fsp3) is 0.500. The van der Waals surface area contributed by atoms with Crippen LogP contribution in [0.1, 0.15) is 18.9 Å². The Kier molecular flexibility index (Phi) is 6.21. The van der Waals surface area contributed by atoms with E-state index in [1.807, 2.05) is 18.7 Å². The lowest BCUT2D eigenvalue weighted by atomic mass is 10.2. The van der Waals surface area contributed by atoms with Gasteiger partial charge >= 0.3 is 0 Å². The van der Waals surface area contributed by atoms with Gasteiger partial charge in [-0.05, 0) is 58.5 Å². The van der Waals surface area contributed by atoms with Gasteiger partial charge in [-0.2, -0.15) is 11.8 Å². The van der Waals surface area contributed by atoms with Gasteiger partial charge in [0.05, 0.1) is 4.47 Å². The smallest absolute Gasteiger partial charge is 0.137 e. The number of hydrogen-bond acceptors (Lipinski definition) is 2. The highest BCUT2D eigenvalue weighted by molar-refractivity contribution is 9.10. The summed E-state index contributed by atoms with van der Waals surface area (Å²) >= 11 is 5.14. The molecule has 1 aromatic rings. The maximum absolute atomic E-state index is 13.2. The van der Waals surface area contributed by atoms with Gasteiger partial charge in [-0.3, -0.25) is 0 Å². The number of hydrogen-bond donors (Lipinski definition) is 1. The highest BCUT2D eigenvalue weighted by atomic mass is 79.9. The Balaban J connectivity index is 2.45. The summed E-state index contributed by atoms with van der Waals surface area (Å²) in [6.45, 7) is 5.02. The van der Waals surface area contributed by atoms with Gasteiger partial charge in [0.25, 0.3) is 0 Å². The Labute approximate surface area is 109 Å². The highest BCUT2D eigenvalue weighted by Crippen LogP contribution is 2.24. The Morgan fingerprint density at radius 2 is 2.19 bits per heavy atom. The molecule has 0 heterocycles. The van der Waals surface area contributed by atoms with Crippen LogP contribution in [0.4, 0.5) is 10.1 Å². The van der Waals surface area contributed by atoms with Gasteiger partial charge in [0.2, 0.25) is 0 Å². The van der Waals surface area contributed by atoms with Crippen LogP contribution in [0.25, 0.3) is 0 Å². The zero-order valence-corrected chi connectivity index (χ0v) is 12.0. The number of aryl methyl sites for hydroxylation is 1. The van der Waals surface area contributed by atoms with Gasteiger partial charge in [-0.1, -0.05) is 6.92 Å². The second kappa shape index (κ2) is 7.17. The molecule has 0 saturated heterocycles. The van der Waals surface area contributed by atoms with E-state index in [0.29, 0.717) is 4.47 Å². The lowest BCUT2D eigenvalue weighted by Gasteiger charge is -2.10. The molecule has 90 valence electrons. The second-order valence-corrected chi connectivity index (χ2v) is 5.81. The van der Waals surface area contributed by atoms with Crippen molar-refractivity contribution in [1.29, 1.82) is 0 Å². The summed E-state index contributed by atoms with van der Waals surface area (Å²) in [6, 6.07) is 3.35. The molecule has 0 amide bonds. The third-order valence-electron chi connectivity index (χ3n) is 2.25. The average molecular weight is 306 g/mol. The number of nitrogens with one attached hydrogen (secondary N) is 1. The van der Waals surface area contributed by atoms with Crippen molar-refractivity contribution in [2.45, 2.75) is 20.3 Å². The van der Waals surface area contributed by atoms with Gasteiger partial charge in [0.1, 0.15) is 5.82 Å². The van der Waals surface area contributed by atoms with Gasteiger partial charge in [0.15, 0.2) is 0 Å². The standard InChI is InChI=1S/C12H17BrFNS/c1-3-16-6-4-5-15-12-8-10(13)11(14)7-9(12)2/h7-8,15H,3-6H2,1-2H3. The van der Waals surface area contributed by atoms with Crippen LogP contribution in [0, 0.1) is 12.7 Å². The fourth-order valence-corrected chi connectivity index (χ4v) is 2.36. The third-order valence-corrected chi connectivity index (χ3v) is 3.85.